The lowest BCUT2D eigenvalue weighted by Crippen LogP contribution is -2.24. The van der Waals surface area contributed by atoms with Gasteiger partial charge in [-0.2, -0.15) is 0 Å². The fourth-order valence-corrected chi connectivity index (χ4v) is 3.61. The fourth-order valence-electron chi connectivity index (χ4n) is 2.80. The van der Waals surface area contributed by atoms with Crippen LogP contribution in [0.25, 0.3) is 10.2 Å². The number of ether oxygens (including phenoxy) is 1. The Morgan fingerprint density at radius 2 is 2.25 bits per heavy atom. The van der Waals surface area contributed by atoms with Gasteiger partial charge in [0.15, 0.2) is 11.5 Å². The normalized spacial score (nSPS) is 11.1. The third kappa shape index (κ3) is 3.89. The van der Waals surface area contributed by atoms with Crippen LogP contribution >= 0.6 is 11.3 Å². The van der Waals surface area contributed by atoms with E-state index in [0.29, 0.717) is 18.1 Å². The van der Waals surface area contributed by atoms with E-state index in [1.165, 1.54) is 0 Å². The fraction of sp³-hybridized carbons (Fsp3) is 0.263. The van der Waals surface area contributed by atoms with Crippen LogP contribution in [0.15, 0.2) is 41.2 Å². The zero-order valence-electron chi connectivity index (χ0n) is 15.5. The first-order chi connectivity index (χ1) is 13.6. The van der Waals surface area contributed by atoms with Gasteiger partial charge in [0.25, 0.3) is 5.91 Å². The van der Waals surface area contributed by atoms with Crippen LogP contribution in [0.1, 0.15) is 34.0 Å². The van der Waals surface area contributed by atoms with E-state index in [4.69, 9.17) is 9.26 Å². The summed E-state index contributed by atoms with van der Waals surface area (Å²) < 4.78 is 14.0. The molecule has 0 fully saturated rings. The number of aryl methyl sites for hydroxylation is 2. The highest BCUT2D eigenvalue weighted by Crippen LogP contribution is 2.26. The average molecular weight is 397 g/mol. The van der Waals surface area contributed by atoms with E-state index in [1.807, 2.05) is 42.8 Å². The van der Waals surface area contributed by atoms with Crippen LogP contribution in [-0.4, -0.2) is 25.6 Å². The van der Waals surface area contributed by atoms with E-state index < -0.39 is 0 Å². The van der Waals surface area contributed by atoms with Crippen molar-refractivity contribution in [3.05, 3.63) is 58.9 Å². The van der Waals surface area contributed by atoms with Crippen LogP contribution in [0.3, 0.4) is 0 Å². The second-order valence-electron chi connectivity index (χ2n) is 6.14. The summed E-state index contributed by atoms with van der Waals surface area (Å²) in [6.45, 7) is 5.29. The first kappa shape index (κ1) is 18.2. The molecule has 4 rings (SSSR count). The van der Waals surface area contributed by atoms with Gasteiger partial charge in [-0.05, 0) is 26.0 Å². The van der Waals surface area contributed by atoms with Crippen LogP contribution in [-0.2, 0) is 19.7 Å². The highest BCUT2D eigenvalue weighted by Gasteiger charge is 2.14. The van der Waals surface area contributed by atoms with Crippen LogP contribution in [0.4, 0.5) is 0 Å². The Morgan fingerprint density at radius 3 is 3.11 bits per heavy atom. The van der Waals surface area contributed by atoms with Crippen LogP contribution in [0, 0.1) is 6.92 Å². The lowest BCUT2D eigenvalue weighted by atomic mass is 10.3. The van der Waals surface area contributed by atoms with Crippen molar-refractivity contribution in [1.82, 2.24) is 25.0 Å². The molecule has 1 N–H and O–H groups in total. The molecule has 0 bridgehead atoms. The highest BCUT2D eigenvalue weighted by atomic mass is 32.1. The lowest BCUT2D eigenvalue weighted by Gasteiger charge is -2.05. The third-order valence-corrected chi connectivity index (χ3v) is 5.14. The summed E-state index contributed by atoms with van der Waals surface area (Å²) in [5.74, 6) is 1.62. The number of hydrogen-bond donors (Lipinski definition) is 1. The van der Waals surface area contributed by atoms with Crippen LogP contribution < -0.4 is 10.1 Å². The number of carbonyl (C=O) groups excluding carboxylic acids is 1. The Morgan fingerprint density at radius 1 is 1.36 bits per heavy atom. The van der Waals surface area contributed by atoms with Crippen molar-refractivity contribution in [2.24, 2.45) is 0 Å². The number of aromatic nitrogens is 4. The zero-order chi connectivity index (χ0) is 19.5. The van der Waals surface area contributed by atoms with Gasteiger partial charge in [0.1, 0.15) is 18.2 Å². The number of carbonyl (C=O) groups is 1. The molecule has 0 aliphatic rings. The summed E-state index contributed by atoms with van der Waals surface area (Å²) in [4.78, 5) is 20.9. The smallest absolute Gasteiger partial charge is 0.273 e. The van der Waals surface area contributed by atoms with E-state index in [2.05, 4.69) is 20.4 Å². The number of amides is 1. The molecule has 1 amide bonds. The second kappa shape index (κ2) is 7.81. The average Bonchev–Trinajstić information content (AvgIpc) is 3.42. The first-order valence-electron chi connectivity index (χ1n) is 8.86. The van der Waals surface area contributed by atoms with Crippen LogP contribution in [0.5, 0.6) is 5.75 Å². The van der Waals surface area contributed by atoms with Crippen molar-refractivity contribution < 1.29 is 14.1 Å². The van der Waals surface area contributed by atoms with Crippen molar-refractivity contribution in [3.63, 3.8) is 0 Å². The van der Waals surface area contributed by atoms with E-state index >= 15 is 0 Å². The maximum atomic E-state index is 12.3. The van der Waals surface area contributed by atoms with E-state index in [1.54, 1.807) is 23.6 Å². The van der Waals surface area contributed by atoms with Gasteiger partial charge < -0.3 is 19.1 Å². The van der Waals surface area contributed by atoms with Crippen molar-refractivity contribution >= 4 is 27.5 Å². The third-order valence-electron chi connectivity index (χ3n) is 4.19. The highest BCUT2D eigenvalue weighted by molar-refractivity contribution is 7.18. The summed E-state index contributed by atoms with van der Waals surface area (Å²) >= 11 is 1.64. The standard InChI is InChI=1S/C19H19N5O3S/c1-3-24-7-6-20-18(24)10-21-19(25)16-9-14(27-23-16)11-26-13-4-5-17-15(8-13)22-12(2)28-17/h4-9H,3,10-11H2,1-2H3,(H,21,25). The molecule has 3 heterocycles. The number of imidazole rings is 1. The summed E-state index contributed by atoms with van der Waals surface area (Å²) in [6, 6.07) is 7.33. The zero-order valence-corrected chi connectivity index (χ0v) is 16.3. The predicted molar refractivity (Wildman–Crippen MR) is 104 cm³/mol. The monoisotopic (exact) mass is 397 g/mol. The minimum atomic E-state index is -0.319. The second-order valence-corrected chi connectivity index (χ2v) is 7.38. The van der Waals surface area contributed by atoms with Crippen molar-refractivity contribution in [1.29, 1.82) is 0 Å². The first-order valence-corrected chi connectivity index (χ1v) is 9.68. The van der Waals surface area contributed by atoms with Gasteiger partial charge in [0.05, 0.1) is 21.8 Å². The molecule has 0 unspecified atom stereocenters. The van der Waals surface area contributed by atoms with Gasteiger partial charge in [0.2, 0.25) is 0 Å². The molecule has 0 aliphatic heterocycles. The molecule has 0 spiro atoms. The summed E-state index contributed by atoms with van der Waals surface area (Å²) in [5.41, 5.74) is 1.11. The molecule has 0 saturated carbocycles. The van der Waals surface area contributed by atoms with Gasteiger partial charge in [-0.15, -0.1) is 11.3 Å². The molecule has 4 aromatic rings. The Labute approximate surface area is 165 Å². The summed E-state index contributed by atoms with van der Waals surface area (Å²) in [5, 5.41) is 7.63. The largest absolute Gasteiger partial charge is 0.485 e. The Bertz CT molecular complexity index is 1110. The molecule has 0 atom stereocenters. The number of thiazole rings is 1. The van der Waals surface area contributed by atoms with Crippen molar-refractivity contribution in [3.8, 4) is 5.75 Å². The Balaban J connectivity index is 1.34. The molecule has 28 heavy (non-hydrogen) atoms. The molecule has 144 valence electrons. The number of rotatable bonds is 7. The van der Waals surface area contributed by atoms with Gasteiger partial charge in [-0.1, -0.05) is 5.16 Å². The van der Waals surface area contributed by atoms with Gasteiger partial charge >= 0.3 is 0 Å². The minimum absolute atomic E-state index is 0.176. The topological polar surface area (TPSA) is 95.1 Å². The van der Waals surface area contributed by atoms with Gasteiger partial charge in [-0.25, -0.2) is 9.97 Å². The number of fused-ring (bicyclic) bond motifs is 1. The molecule has 0 aliphatic carbocycles. The maximum Gasteiger partial charge on any atom is 0.273 e. The summed E-state index contributed by atoms with van der Waals surface area (Å²) in [6.07, 6.45) is 3.58. The van der Waals surface area contributed by atoms with Crippen molar-refractivity contribution in [2.75, 3.05) is 0 Å². The van der Waals surface area contributed by atoms with E-state index in [-0.39, 0.29) is 18.2 Å². The molecule has 3 aromatic heterocycles. The molecule has 1 aromatic carbocycles. The number of hydrogen-bond acceptors (Lipinski definition) is 7. The molecular weight excluding hydrogens is 378 g/mol. The lowest BCUT2D eigenvalue weighted by molar-refractivity contribution is 0.0940. The SMILES string of the molecule is CCn1ccnc1CNC(=O)c1cc(COc2ccc3sc(C)nc3c2)on1. The maximum absolute atomic E-state index is 12.3. The van der Waals surface area contributed by atoms with Crippen molar-refractivity contribution in [2.45, 2.75) is 33.5 Å². The number of nitrogens with one attached hydrogen (secondary N) is 1. The van der Waals surface area contributed by atoms with E-state index in [0.717, 1.165) is 27.6 Å². The Hall–Kier alpha value is -3.20. The molecule has 0 saturated heterocycles. The Kier molecular flexibility index (Phi) is 5.07. The van der Waals surface area contributed by atoms with E-state index in [9.17, 15) is 4.79 Å². The summed E-state index contributed by atoms with van der Waals surface area (Å²) in [7, 11) is 0. The molecule has 9 heteroatoms. The molecular formula is C19H19N5O3S. The molecule has 0 radical (unpaired) electrons. The number of nitrogens with zero attached hydrogens (tertiary/aromatic N) is 4. The van der Waals surface area contributed by atoms with Gasteiger partial charge in [-0.3, -0.25) is 4.79 Å². The minimum Gasteiger partial charge on any atom is -0.485 e. The molecule has 8 nitrogen and oxygen atoms in total. The predicted octanol–water partition coefficient (Wildman–Crippen LogP) is 3.32. The number of benzene rings is 1. The quantitative estimate of drug-likeness (QED) is 0.514. The van der Waals surface area contributed by atoms with Crippen LogP contribution in [0.2, 0.25) is 0 Å². The van der Waals surface area contributed by atoms with Gasteiger partial charge in [0, 0.05) is 31.1 Å².